The van der Waals surface area contributed by atoms with E-state index in [2.05, 4.69) is 34.1 Å². The van der Waals surface area contributed by atoms with Crippen LogP contribution in [0.5, 0.6) is 5.75 Å². The zero-order valence-electron chi connectivity index (χ0n) is 11.9. The van der Waals surface area contributed by atoms with Crippen molar-refractivity contribution in [1.29, 1.82) is 0 Å². The van der Waals surface area contributed by atoms with Crippen molar-refractivity contribution in [2.45, 2.75) is 19.4 Å². The maximum atomic E-state index is 5.46. The van der Waals surface area contributed by atoms with Crippen LogP contribution in [0.3, 0.4) is 0 Å². The molecular weight excluding hydrogens is 264 g/mol. The summed E-state index contributed by atoms with van der Waals surface area (Å²) in [4.78, 5) is 0. The van der Waals surface area contributed by atoms with Crippen LogP contribution in [-0.2, 0) is 19.4 Å². The molecular formula is C17H16N2O2. The summed E-state index contributed by atoms with van der Waals surface area (Å²) < 4.78 is 12.9. The quantitative estimate of drug-likeness (QED) is 0.739. The first kappa shape index (κ1) is 12.3. The summed E-state index contributed by atoms with van der Waals surface area (Å²) in [5, 5.41) is 3.95. The molecule has 2 aromatic heterocycles. The van der Waals surface area contributed by atoms with Crippen molar-refractivity contribution in [1.82, 2.24) is 9.72 Å². The van der Waals surface area contributed by atoms with Crippen LogP contribution in [0.15, 0.2) is 47.2 Å². The summed E-state index contributed by atoms with van der Waals surface area (Å²) >= 11 is 0. The maximum Gasteiger partial charge on any atom is 0.186 e. The summed E-state index contributed by atoms with van der Waals surface area (Å²) in [6.07, 6.45) is 6.03. The molecule has 0 saturated heterocycles. The van der Waals surface area contributed by atoms with E-state index >= 15 is 0 Å². The Balaban J connectivity index is 1.70. The van der Waals surface area contributed by atoms with Crippen LogP contribution >= 0.6 is 0 Å². The van der Waals surface area contributed by atoms with Crippen molar-refractivity contribution in [3.05, 3.63) is 59.4 Å². The molecule has 0 bridgehead atoms. The van der Waals surface area contributed by atoms with Gasteiger partial charge in [0.1, 0.15) is 5.75 Å². The standard InChI is InChI=1S/C17H16N2O2/c1-20-15-6-2-12(3-7-15)11-19-9-8-13-4-5-14-10-18-21-17(14)16(13)19/h2-3,6-10H,4-5,11H2,1H3. The second kappa shape index (κ2) is 4.81. The molecule has 0 radical (unpaired) electrons. The molecule has 3 aromatic rings. The monoisotopic (exact) mass is 280 g/mol. The van der Waals surface area contributed by atoms with Gasteiger partial charge in [-0.15, -0.1) is 0 Å². The SMILES string of the molecule is COc1ccc(Cn2ccc3c2-c2oncc2CC3)cc1. The molecule has 0 unspecified atom stereocenters. The normalized spacial score (nSPS) is 12.8. The molecule has 0 amide bonds. The minimum atomic E-state index is 0.819. The molecule has 21 heavy (non-hydrogen) atoms. The lowest BCUT2D eigenvalue weighted by molar-refractivity contribution is 0.414. The molecule has 4 heteroatoms. The lowest BCUT2D eigenvalue weighted by Gasteiger charge is -2.14. The second-order valence-electron chi connectivity index (χ2n) is 5.35. The average Bonchev–Trinajstić information content (AvgIpc) is 3.14. The number of hydrogen-bond donors (Lipinski definition) is 0. The lowest BCUT2D eigenvalue weighted by Crippen LogP contribution is -2.06. The third-order valence-electron chi connectivity index (χ3n) is 4.08. The zero-order chi connectivity index (χ0) is 14.2. The van der Waals surface area contributed by atoms with Gasteiger partial charge in [-0.3, -0.25) is 0 Å². The number of hydrogen-bond acceptors (Lipinski definition) is 3. The lowest BCUT2D eigenvalue weighted by atomic mass is 9.97. The molecule has 0 N–H and O–H groups in total. The topological polar surface area (TPSA) is 40.2 Å². The smallest absolute Gasteiger partial charge is 0.186 e. The fourth-order valence-corrected chi connectivity index (χ4v) is 2.96. The fraction of sp³-hybridized carbons (Fsp3) is 0.235. The number of nitrogens with zero attached hydrogens (tertiary/aromatic N) is 2. The van der Waals surface area contributed by atoms with Gasteiger partial charge < -0.3 is 13.8 Å². The van der Waals surface area contributed by atoms with Crippen molar-refractivity contribution in [2.24, 2.45) is 0 Å². The van der Waals surface area contributed by atoms with E-state index in [0.717, 1.165) is 30.9 Å². The zero-order valence-corrected chi connectivity index (χ0v) is 11.9. The Kier molecular flexibility index (Phi) is 2.81. The fourth-order valence-electron chi connectivity index (χ4n) is 2.96. The first-order chi connectivity index (χ1) is 10.3. The largest absolute Gasteiger partial charge is 0.497 e. The van der Waals surface area contributed by atoms with E-state index in [4.69, 9.17) is 9.26 Å². The Morgan fingerprint density at radius 2 is 1.95 bits per heavy atom. The number of aryl methyl sites for hydroxylation is 2. The number of rotatable bonds is 3. The minimum Gasteiger partial charge on any atom is -0.497 e. The molecule has 0 spiro atoms. The number of ether oxygens (including phenoxy) is 1. The maximum absolute atomic E-state index is 5.46. The van der Waals surface area contributed by atoms with Crippen LogP contribution in [0.2, 0.25) is 0 Å². The molecule has 0 aliphatic heterocycles. The van der Waals surface area contributed by atoms with Gasteiger partial charge >= 0.3 is 0 Å². The minimum absolute atomic E-state index is 0.819. The molecule has 1 aliphatic carbocycles. The van der Waals surface area contributed by atoms with Gasteiger partial charge in [0, 0.05) is 18.3 Å². The predicted octanol–water partition coefficient (Wildman–Crippen LogP) is 3.30. The van der Waals surface area contributed by atoms with Gasteiger partial charge in [-0.25, -0.2) is 0 Å². The van der Waals surface area contributed by atoms with Gasteiger partial charge in [-0.2, -0.15) is 0 Å². The van der Waals surface area contributed by atoms with Crippen LogP contribution in [-0.4, -0.2) is 16.8 Å². The predicted molar refractivity (Wildman–Crippen MR) is 79.4 cm³/mol. The third kappa shape index (κ3) is 2.03. The second-order valence-corrected chi connectivity index (χ2v) is 5.35. The molecule has 4 rings (SSSR count). The molecule has 106 valence electrons. The van der Waals surface area contributed by atoms with Crippen LogP contribution in [0.25, 0.3) is 11.5 Å². The van der Waals surface area contributed by atoms with Gasteiger partial charge in [0.25, 0.3) is 0 Å². The number of aromatic nitrogens is 2. The summed E-state index contributed by atoms with van der Waals surface area (Å²) in [5.41, 5.74) is 4.95. The molecule has 0 atom stereocenters. The van der Waals surface area contributed by atoms with E-state index in [1.807, 2.05) is 18.3 Å². The summed E-state index contributed by atoms with van der Waals surface area (Å²) in [7, 11) is 1.68. The number of benzene rings is 1. The van der Waals surface area contributed by atoms with E-state index in [9.17, 15) is 0 Å². The number of methoxy groups -OCH3 is 1. The first-order valence-corrected chi connectivity index (χ1v) is 7.10. The molecule has 0 fully saturated rings. The average molecular weight is 280 g/mol. The summed E-state index contributed by atoms with van der Waals surface area (Å²) in [5.74, 6) is 1.81. The van der Waals surface area contributed by atoms with E-state index in [1.165, 1.54) is 22.4 Å². The van der Waals surface area contributed by atoms with Crippen LogP contribution in [0.1, 0.15) is 16.7 Å². The Morgan fingerprint density at radius 3 is 2.76 bits per heavy atom. The highest BCUT2D eigenvalue weighted by atomic mass is 16.5. The summed E-state index contributed by atoms with van der Waals surface area (Å²) in [6, 6.07) is 10.4. The van der Waals surface area contributed by atoms with E-state index in [0.29, 0.717) is 0 Å². The Bertz CT molecular complexity index is 768. The van der Waals surface area contributed by atoms with Crippen LogP contribution < -0.4 is 4.74 Å². The third-order valence-corrected chi connectivity index (χ3v) is 4.08. The highest BCUT2D eigenvalue weighted by Crippen LogP contribution is 2.34. The summed E-state index contributed by atoms with van der Waals surface area (Å²) in [6.45, 7) is 0.819. The van der Waals surface area contributed by atoms with E-state index in [-0.39, 0.29) is 0 Å². The van der Waals surface area contributed by atoms with Crippen LogP contribution in [0.4, 0.5) is 0 Å². The molecule has 1 aromatic carbocycles. The molecule has 4 nitrogen and oxygen atoms in total. The van der Waals surface area contributed by atoms with Crippen molar-refractivity contribution >= 4 is 0 Å². The van der Waals surface area contributed by atoms with Gasteiger partial charge in [0.05, 0.1) is 19.0 Å². The molecule has 2 heterocycles. The van der Waals surface area contributed by atoms with E-state index in [1.54, 1.807) is 7.11 Å². The van der Waals surface area contributed by atoms with Crippen molar-refractivity contribution in [2.75, 3.05) is 7.11 Å². The molecule has 1 aliphatic rings. The highest BCUT2D eigenvalue weighted by Gasteiger charge is 2.23. The number of fused-ring (bicyclic) bond motifs is 3. The van der Waals surface area contributed by atoms with Crippen LogP contribution in [0, 0.1) is 0 Å². The van der Waals surface area contributed by atoms with Gasteiger partial charge in [0.2, 0.25) is 0 Å². The Labute approximate surface area is 122 Å². The van der Waals surface area contributed by atoms with Crippen molar-refractivity contribution in [3.63, 3.8) is 0 Å². The Morgan fingerprint density at radius 1 is 1.14 bits per heavy atom. The Hall–Kier alpha value is -2.49. The first-order valence-electron chi connectivity index (χ1n) is 7.10. The van der Waals surface area contributed by atoms with Gasteiger partial charge in [-0.05, 0) is 42.2 Å². The van der Waals surface area contributed by atoms with Crippen molar-refractivity contribution in [3.8, 4) is 17.2 Å². The van der Waals surface area contributed by atoms with Gasteiger partial charge in [-0.1, -0.05) is 17.3 Å². The molecule has 0 saturated carbocycles. The van der Waals surface area contributed by atoms with E-state index < -0.39 is 0 Å². The van der Waals surface area contributed by atoms with Gasteiger partial charge in [0.15, 0.2) is 5.76 Å². The highest BCUT2D eigenvalue weighted by molar-refractivity contribution is 5.64. The van der Waals surface area contributed by atoms with Crippen molar-refractivity contribution < 1.29 is 9.26 Å².